The summed E-state index contributed by atoms with van der Waals surface area (Å²) in [5.74, 6) is 0. The fourth-order valence-corrected chi connectivity index (χ4v) is 3.18. The molecule has 21 heavy (non-hydrogen) atoms. The molecule has 0 spiro atoms. The Morgan fingerprint density at radius 1 is 0.667 bits per heavy atom. The van der Waals surface area contributed by atoms with Crippen molar-refractivity contribution >= 4 is 43.5 Å². The molecule has 0 heterocycles. The van der Waals surface area contributed by atoms with E-state index in [4.69, 9.17) is 23.2 Å². The van der Waals surface area contributed by atoms with Crippen molar-refractivity contribution in [1.29, 1.82) is 0 Å². The normalized spacial score (nSPS) is 11.1. The molecule has 4 nitrogen and oxygen atoms in total. The molecule has 0 unspecified atom stereocenters. The van der Waals surface area contributed by atoms with Gasteiger partial charge in [-0.3, -0.25) is 9.59 Å². The van der Waals surface area contributed by atoms with Crippen LogP contribution in [0.4, 0.5) is 0 Å². The molecule has 0 bridgehead atoms. The first-order valence-electron chi connectivity index (χ1n) is 5.67. The number of sulfone groups is 1. The number of benzene rings is 2. The number of halogens is 2. The second kappa shape index (κ2) is 5.97. The fraction of sp³-hybridized carbons (Fsp3) is 0. The minimum absolute atomic E-state index is 0.0223. The molecule has 7 heteroatoms. The van der Waals surface area contributed by atoms with Crippen LogP contribution >= 0.6 is 23.2 Å². The standard InChI is InChI=1S/C14H8Cl2O4S/c15-13(17)9-1-5-11(6-2-9)21(19,20)12-7-3-10(4-8-12)14(16)18/h1-8H. The topological polar surface area (TPSA) is 68.3 Å². The maximum Gasteiger partial charge on any atom is 0.252 e. The molecule has 0 atom stereocenters. The van der Waals surface area contributed by atoms with E-state index in [0.29, 0.717) is 0 Å². The molecule has 108 valence electrons. The lowest BCUT2D eigenvalue weighted by atomic mass is 10.2. The van der Waals surface area contributed by atoms with E-state index in [0.717, 1.165) is 0 Å². The molecule has 0 aliphatic rings. The Morgan fingerprint density at radius 3 is 1.19 bits per heavy atom. The van der Waals surface area contributed by atoms with Gasteiger partial charge in [0.05, 0.1) is 9.79 Å². The lowest BCUT2D eigenvalue weighted by Gasteiger charge is -2.05. The van der Waals surface area contributed by atoms with Crippen LogP contribution in [0, 0.1) is 0 Å². The average Bonchev–Trinajstić information content (AvgIpc) is 2.47. The Labute approximate surface area is 131 Å². The van der Waals surface area contributed by atoms with Gasteiger partial charge in [0.25, 0.3) is 10.5 Å². The number of rotatable bonds is 4. The molecule has 2 aromatic rings. The highest BCUT2D eigenvalue weighted by molar-refractivity contribution is 7.91. The van der Waals surface area contributed by atoms with Crippen molar-refractivity contribution in [3.8, 4) is 0 Å². The van der Waals surface area contributed by atoms with Crippen LogP contribution in [0.15, 0.2) is 58.3 Å². The summed E-state index contributed by atoms with van der Waals surface area (Å²) in [6, 6.07) is 10.5. The molecule has 0 aliphatic heterocycles. The van der Waals surface area contributed by atoms with Crippen LogP contribution in [0.1, 0.15) is 20.7 Å². The highest BCUT2D eigenvalue weighted by atomic mass is 35.5. The molecule has 0 aromatic heterocycles. The van der Waals surface area contributed by atoms with E-state index in [2.05, 4.69) is 0 Å². The third kappa shape index (κ3) is 3.32. The van der Waals surface area contributed by atoms with Crippen LogP contribution in [-0.2, 0) is 9.84 Å². The van der Waals surface area contributed by atoms with Crippen molar-refractivity contribution in [2.45, 2.75) is 9.79 Å². The van der Waals surface area contributed by atoms with Crippen molar-refractivity contribution in [2.24, 2.45) is 0 Å². The van der Waals surface area contributed by atoms with Gasteiger partial charge in [0.2, 0.25) is 9.84 Å². The van der Waals surface area contributed by atoms with E-state index < -0.39 is 20.3 Å². The minimum Gasteiger partial charge on any atom is -0.276 e. The zero-order valence-corrected chi connectivity index (χ0v) is 12.7. The summed E-state index contributed by atoms with van der Waals surface area (Å²) in [5.41, 5.74) is 0.414. The largest absolute Gasteiger partial charge is 0.276 e. The second-order valence-electron chi connectivity index (χ2n) is 4.10. The molecular formula is C14H8Cl2O4S. The number of carbonyl (C=O) groups excluding carboxylic acids is 2. The predicted octanol–water partition coefficient (Wildman–Crippen LogP) is 3.28. The van der Waals surface area contributed by atoms with Crippen LogP contribution < -0.4 is 0 Å². The number of carbonyl (C=O) groups is 2. The van der Waals surface area contributed by atoms with Gasteiger partial charge >= 0.3 is 0 Å². The Balaban J connectivity index is 2.41. The first-order valence-corrected chi connectivity index (χ1v) is 7.91. The number of hydrogen-bond acceptors (Lipinski definition) is 4. The summed E-state index contributed by atoms with van der Waals surface area (Å²) >= 11 is 10.6. The van der Waals surface area contributed by atoms with Crippen LogP contribution in [0.2, 0.25) is 0 Å². The third-order valence-corrected chi connectivity index (χ3v) is 5.01. The molecule has 0 aliphatic carbocycles. The smallest absolute Gasteiger partial charge is 0.252 e. The van der Waals surface area contributed by atoms with E-state index in [1.165, 1.54) is 48.5 Å². The molecule has 0 saturated carbocycles. The van der Waals surface area contributed by atoms with Crippen molar-refractivity contribution in [3.05, 3.63) is 59.7 Å². The Bertz CT molecular complexity index is 730. The van der Waals surface area contributed by atoms with Crippen molar-refractivity contribution in [1.82, 2.24) is 0 Å². The molecule has 0 saturated heterocycles. The van der Waals surface area contributed by atoms with Gasteiger partial charge in [0.1, 0.15) is 0 Å². The summed E-state index contributed by atoms with van der Waals surface area (Å²) in [5, 5.41) is -1.33. The molecule has 2 aromatic carbocycles. The van der Waals surface area contributed by atoms with E-state index in [1.54, 1.807) is 0 Å². The van der Waals surface area contributed by atoms with E-state index in [-0.39, 0.29) is 20.9 Å². The predicted molar refractivity (Wildman–Crippen MR) is 78.7 cm³/mol. The summed E-state index contributed by atoms with van der Waals surface area (Å²) in [6.45, 7) is 0. The Hall–Kier alpha value is -1.69. The zero-order chi connectivity index (χ0) is 15.6. The Kier molecular flexibility index (Phi) is 4.46. The SMILES string of the molecule is O=C(Cl)c1ccc(S(=O)(=O)c2ccc(C(=O)Cl)cc2)cc1. The van der Waals surface area contributed by atoms with Crippen molar-refractivity contribution < 1.29 is 18.0 Å². The molecule has 0 amide bonds. The van der Waals surface area contributed by atoms with Gasteiger partial charge < -0.3 is 0 Å². The zero-order valence-electron chi connectivity index (χ0n) is 10.4. The third-order valence-electron chi connectivity index (χ3n) is 2.78. The van der Waals surface area contributed by atoms with Gasteiger partial charge in [-0.15, -0.1) is 0 Å². The molecule has 0 N–H and O–H groups in total. The van der Waals surface area contributed by atoms with Crippen LogP contribution in [0.25, 0.3) is 0 Å². The maximum atomic E-state index is 12.4. The van der Waals surface area contributed by atoms with Gasteiger partial charge in [-0.2, -0.15) is 0 Å². The summed E-state index contributed by atoms with van der Waals surface area (Å²) in [7, 11) is -3.73. The fourth-order valence-electron chi connectivity index (χ4n) is 1.67. The van der Waals surface area contributed by atoms with Crippen molar-refractivity contribution in [2.75, 3.05) is 0 Å². The highest BCUT2D eigenvalue weighted by Crippen LogP contribution is 2.22. The highest BCUT2D eigenvalue weighted by Gasteiger charge is 2.18. The second-order valence-corrected chi connectivity index (χ2v) is 6.74. The summed E-state index contributed by atoms with van der Waals surface area (Å²) < 4.78 is 24.7. The summed E-state index contributed by atoms with van der Waals surface area (Å²) in [4.78, 5) is 21.9. The average molecular weight is 343 g/mol. The van der Waals surface area contributed by atoms with E-state index >= 15 is 0 Å². The first-order chi connectivity index (χ1) is 9.82. The quantitative estimate of drug-likeness (QED) is 0.799. The van der Waals surface area contributed by atoms with Crippen LogP contribution in [0.5, 0.6) is 0 Å². The van der Waals surface area contributed by atoms with Gasteiger partial charge in [0.15, 0.2) is 0 Å². The van der Waals surface area contributed by atoms with Gasteiger partial charge in [-0.05, 0) is 71.7 Å². The van der Waals surface area contributed by atoms with E-state index in [1.807, 2.05) is 0 Å². The Morgan fingerprint density at radius 2 is 0.952 bits per heavy atom. The lowest BCUT2D eigenvalue weighted by molar-refractivity contribution is 0.107. The maximum absolute atomic E-state index is 12.4. The molecule has 0 fully saturated rings. The van der Waals surface area contributed by atoms with Gasteiger partial charge in [-0.1, -0.05) is 0 Å². The van der Waals surface area contributed by atoms with Crippen LogP contribution in [-0.4, -0.2) is 18.9 Å². The van der Waals surface area contributed by atoms with Gasteiger partial charge in [-0.25, -0.2) is 8.42 Å². The summed E-state index contributed by atoms with van der Waals surface area (Å²) in [6.07, 6.45) is 0. The van der Waals surface area contributed by atoms with Gasteiger partial charge in [0, 0.05) is 11.1 Å². The monoisotopic (exact) mass is 342 g/mol. The van der Waals surface area contributed by atoms with Crippen LogP contribution in [0.3, 0.4) is 0 Å². The van der Waals surface area contributed by atoms with Crippen molar-refractivity contribution in [3.63, 3.8) is 0 Å². The van der Waals surface area contributed by atoms with E-state index in [9.17, 15) is 18.0 Å². The first kappa shape index (κ1) is 15.7. The molecule has 0 radical (unpaired) electrons. The molecule has 2 rings (SSSR count). The lowest BCUT2D eigenvalue weighted by Crippen LogP contribution is -2.03. The molecular weight excluding hydrogens is 335 g/mol. The number of hydrogen-bond donors (Lipinski definition) is 0. The minimum atomic E-state index is -3.73.